The van der Waals surface area contributed by atoms with Crippen LogP contribution in [0.4, 0.5) is 10.1 Å². The van der Waals surface area contributed by atoms with Gasteiger partial charge in [0.15, 0.2) is 5.92 Å². The highest BCUT2D eigenvalue weighted by Crippen LogP contribution is 2.37. The van der Waals surface area contributed by atoms with Gasteiger partial charge in [0.2, 0.25) is 3.79 Å². The molecule has 5 nitrogen and oxygen atoms in total. The van der Waals surface area contributed by atoms with Crippen molar-refractivity contribution in [2.75, 3.05) is 18.5 Å². The maximum absolute atomic E-state index is 13.3. The van der Waals surface area contributed by atoms with Crippen molar-refractivity contribution in [3.63, 3.8) is 0 Å². The van der Waals surface area contributed by atoms with E-state index >= 15 is 0 Å². The van der Waals surface area contributed by atoms with Crippen molar-refractivity contribution in [3.8, 4) is 0 Å². The number of ether oxygens (including phenoxy) is 2. The molecule has 0 spiro atoms. The number of alkyl halides is 3. The number of anilines is 1. The fourth-order valence-corrected chi connectivity index (χ4v) is 2.67. The third-order valence-corrected chi connectivity index (χ3v) is 4.00. The summed E-state index contributed by atoms with van der Waals surface area (Å²) in [5, 5.41) is 2.53. The van der Waals surface area contributed by atoms with Crippen molar-refractivity contribution in [3.05, 3.63) is 29.0 Å². The topological polar surface area (TPSA) is 64.6 Å². The van der Waals surface area contributed by atoms with Gasteiger partial charge in [-0.2, -0.15) is 0 Å². The Hall–Kier alpha value is -0.950. The highest BCUT2D eigenvalue weighted by molar-refractivity contribution is 6.68. The molecular weight excluding hydrogens is 419 g/mol. The van der Waals surface area contributed by atoms with Crippen LogP contribution in [0.2, 0.25) is 5.02 Å². The average Bonchev–Trinajstić information content (AvgIpc) is 2.50. The van der Waals surface area contributed by atoms with Gasteiger partial charge in [0.25, 0.3) is 0 Å². The van der Waals surface area contributed by atoms with Crippen LogP contribution in [0.25, 0.3) is 0 Å². The summed E-state index contributed by atoms with van der Waals surface area (Å²) < 4.78 is 21.0. The van der Waals surface area contributed by atoms with Crippen LogP contribution >= 0.6 is 46.4 Å². The molecule has 140 valence electrons. The number of rotatable bonds is 7. The second kappa shape index (κ2) is 9.67. The van der Waals surface area contributed by atoms with E-state index in [1.807, 2.05) is 0 Å². The molecule has 1 N–H and O–H groups in total. The number of carbonyl (C=O) groups excluding carboxylic acids is 2. The maximum atomic E-state index is 13.3. The lowest BCUT2D eigenvalue weighted by atomic mass is 10.0. The van der Waals surface area contributed by atoms with E-state index < -0.39 is 33.5 Å². The Morgan fingerprint density at radius 2 is 1.68 bits per heavy atom. The second-order valence-electron chi connectivity index (χ2n) is 4.77. The fraction of sp³-hybridized carbons (Fsp3) is 0.467. The first-order valence-electron chi connectivity index (χ1n) is 7.23. The van der Waals surface area contributed by atoms with E-state index in [0.717, 1.165) is 6.07 Å². The van der Waals surface area contributed by atoms with Crippen LogP contribution in [0.1, 0.15) is 13.8 Å². The van der Waals surface area contributed by atoms with Crippen LogP contribution in [0.15, 0.2) is 18.2 Å². The smallest absolute Gasteiger partial charge is 0.322 e. The molecule has 0 radical (unpaired) electrons. The van der Waals surface area contributed by atoms with E-state index in [4.69, 9.17) is 55.9 Å². The number of esters is 2. The average molecular weight is 435 g/mol. The van der Waals surface area contributed by atoms with Crippen LogP contribution in [0.3, 0.4) is 0 Å². The molecule has 1 aromatic rings. The zero-order valence-electron chi connectivity index (χ0n) is 13.3. The van der Waals surface area contributed by atoms with Gasteiger partial charge in [-0.05, 0) is 32.0 Å². The number of benzene rings is 1. The Bertz CT molecular complexity index is 606. The first-order valence-corrected chi connectivity index (χ1v) is 8.74. The van der Waals surface area contributed by atoms with Crippen LogP contribution in [0, 0.1) is 11.7 Å². The van der Waals surface area contributed by atoms with Crippen LogP contribution in [-0.2, 0) is 19.1 Å². The van der Waals surface area contributed by atoms with Gasteiger partial charge in [-0.3, -0.25) is 9.59 Å². The zero-order valence-corrected chi connectivity index (χ0v) is 16.3. The lowest BCUT2D eigenvalue weighted by Crippen LogP contribution is -2.49. The van der Waals surface area contributed by atoms with Gasteiger partial charge in [0, 0.05) is 5.69 Å². The Kier molecular flexibility index (Phi) is 8.54. The molecule has 0 aromatic heterocycles. The van der Waals surface area contributed by atoms with E-state index in [0.29, 0.717) is 0 Å². The highest BCUT2D eigenvalue weighted by Gasteiger charge is 2.48. The monoisotopic (exact) mass is 433 g/mol. The van der Waals surface area contributed by atoms with Crippen molar-refractivity contribution in [2.24, 2.45) is 5.92 Å². The number of carbonyl (C=O) groups is 2. The predicted molar refractivity (Wildman–Crippen MR) is 95.9 cm³/mol. The SMILES string of the molecule is CCOC(=O)C(C(=O)OCC)C(Nc1ccc(F)c(Cl)c1)C(Cl)(Cl)Cl. The van der Waals surface area contributed by atoms with Crippen LogP contribution < -0.4 is 5.32 Å². The van der Waals surface area contributed by atoms with E-state index in [9.17, 15) is 14.0 Å². The molecule has 0 bridgehead atoms. The second-order valence-corrected chi connectivity index (χ2v) is 7.55. The minimum atomic E-state index is -2.09. The van der Waals surface area contributed by atoms with Crippen LogP contribution in [0.5, 0.6) is 0 Å². The first-order chi connectivity index (χ1) is 11.6. The first kappa shape index (κ1) is 22.1. The van der Waals surface area contributed by atoms with Crippen molar-refractivity contribution in [1.82, 2.24) is 0 Å². The summed E-state index contributed by atoms with van der Waals surface area (Å²) in [5.74, 6) is -4.04. The van der Waals surface area contributed by atoms with Gasteiger partial charge in [-0.15, -0.1) is 0 Å². The lowest BCUT2D eigenvalue weighted by molar-refractivity contribution is -0.162. The van der Waals surface area contributed by atoms with E-state index in [-0.39, 0.29) is 23.9 Å². The summed E-state index contributed by atoms with van der Waals surface area (Å²) in [6.07, 6.45) is 0. The quantitative estimate of drug-likeness (QED) is 0.392. The molecule has 0 aliphatic rings. The van der Waals surface area contributed by atoms with Gasteiger partial charge in [0.1, 0.15) is 5.82 Å². The van der Waals surface area contributed by atoms with E-state index in [1.165, 1.54) is 12.1 Å². The number of halogens is 5. The van der Waals surface area contributed by atoms with E-state index in [1.54, 1.807) is 13.8 Å². The molecule has 0 amide bonds. The Balaban J connectivity index is 3.24. The van der Waals surface area contributed by atoms with Crippen molar-refractivity contribution in [1.29, 1.82) is 0 Å². The molecular formula is C15H16Cl4FNO4. The lowest BCUT2D eigenvalue weighted by Gasteiger charge is -2.31. The van der Waals surface area contributed by atoms with Gasteiger partial charge >= 0.3 is 11.9 Å². The molecule has 1 atom stereocenters. The third-order valence-electron chi connectivity index (χ3n) is 3.01. The molecule has 10 heteroatoms. The summed E-state index contributed by atoms with van der Waals surface area (Å²) >= 11 is 23.6. The highest BCUT2D eigenvalue weighted by atomic mass is 35.6. The fourth-order valence-electron chi connectivity index (χ4n) is 1.95. The summed E-state index contributed by atoms with van der Waals surface area (Å²) in [6, 6.07) is 2.28. The molecule has 25 heavy (non-hydrogen) atoms. The molecule has 1 aromatic carbocycles. The Morgan fingerprint density at radius 1 is 1.16 bits per heavy atom. The van der Waals surface area contributed by atoms with Gasteiger partial charge in [0.05, 0.1) is 24.3 Å². The molecule has 0 saturated carbocycles. The Labute approximate surface area is 164 Å². The molecule has 0 aliphatic carbocycles. The molecule has 1 rings (SSSR count). The molecule has 0 saturated heterocycles. The summed E-state index contributed by atoms with van der Waals surface area (Å²) in [7, 11) is 0. The largest absolute Gasteiger partial charge is 0.465 e. The minimum Gasteiger partial charge on any atom is -0.465 e. The molecule has 1 unspecified atom stereocenters. The maximum Gasteiger partial charge on any atom is 0.322 e. The molecule has 0 fully saturated rings. The number of hydrogen-bond donors (Lipinski definition) is 1. The van der Waals surface area contributed by atoms with Crippen molar-refractivity contribution < 1.29 is 23.5 Å². The van der Waals surface area contributed by atoms with Crippen molar-refractivity contribution in [2.45, 2.75) is 23.7 Å². The van der Waals surface area contributed by atoms with E-state index in [2.05, 4.69) is 5.32 Å². The zero-order chi connectivity index (χ0) is 19.2. The standard InChI is InChI=1S/C15H16Cl4FNO4/c1-3-24-13(22)11(14(23)25-4-2)12(15(17,18)19)21-8-5-6-10(20)9(16)7-8/h5-7,11-12,21H,3-4H2,1-2H3. The predicted octanol–water partition coefficient (Wildman–Crippen LogP) is 4.37. The van der Waals surface area contributed by atoms with Gasteiger partial charge in [-0.1, -0.05) is 46.4 Å². The number of nitrogens with one attached hydrogen (secondary N) is 1. The number of hydrogen-bond acceptors (Lipinski definition) is 5. The molecule has 0 aliphatic heterocycles. The minimum absolute atomic E-state index is 0.0176. The Morgan fingerprint density at radius 3 is 2.08 bits per heavy atom. The van der Waals surface area contributed by atoms with Crippen LogP contribution in [-0.4, -0.2) is 35.0 Å². The van der Waals surface area contributed by atoms with Crippen molar-refractivity contribution >= 4 is 64.0 Å². The molecule has 0 heterocycles. The summed E-state index contributed by atoms with van der Waals surface area (Å²) in [6.45, 7) is 3.17. The third kappa shape index (κ3) is 6.37. The summed E-state index contributed by atoms with van der Waals surface area (Å²) in [4.78, 5) is 24.5. The summed E-state index contributed by atoms with van der Waals surface area (Å²) in [5.41, 5.74) is 0.237. The van der Waals surface area contributed by atoms with Gasteiger partial charge < -0.3 is 14.8 Å². The normalized spacial score (nSPS) is 12.6. The van der Waals surface area contributed by atoms with Gasteiger partial charge in [-0.25, -0.2) is 4.39 Å².